The van der Waals surface area contributed by atoms with Crippen LogP contribution >= 0.6 is 15.9 Å². The molecule has 1 saturated carbocycles. The van der Waals surface area contributed by atoms with Crippen molar-refractivity contribution >= 4 is 27.9 Å². The molecule has 1 aliphatic carbocycles. The third-order valence-electron chi connectivity index (χ3n) is 3.20. The molecule has 1 aromatic carbocycles. The van der Waals surface area contributed by atoms with E-state index in [1.165, 1.54) is 24.5 Å². The molecule has 0 radical (unpaired) electrons. The van der Waals surface area contributed by atoms with Gasteiger partial charge in [-0.3, -0.25) is 9.63 Å². The molecule has 0 aliphatic heterocycles. The topological polar surface area (TPSA) is 38.3 Å². The largest absolute Gasteiger partial charge is 0.270 e. The summed E-state index contributed by atoms with van der Waals surface area (Å²) in [5.41, 5.74) is 4.64. The molecule has 2 rings (SSSR count). The Hall–Kier alpha value is -1.13. The number of carbonyl (C=O) groups is 1. The molecule has 1 amide bonds. The first-order valence-corrected chi connectivity index (χ1v) is 7.34. The fraction of sp³-hybridized carbons (Fsp3) is 0.400. The second kappa shape index (κ2) is 6.87. The lowest BCUT2D eigenvalue weighted by molar-refractivity contribution is -0.132. The monoisotopic (exact) mass is 323 g/mol. The Morgan fingerprint density at radius 2 is 2.16 bits per heavy atom. The van der Waals surface area contributed by atoms with Crippen LogP contribution in [0, 0.1) is 6.92 Å². The molecule has 4 heteroatoms. The molecule has 3 nitrogen and oxygen atoms in total. The van der Waals surface area contributed by atoms with E-state index in [4.69, 9.17) is 4.84 Å². The van der Waals surface area contributed by atoms with Gasteiger partial charge in [0.05, 0.1) is 6.10 Å². The minimum Gasteiger partial charge on any atom is -0.270 e. The zero-order valence-electron chi connectivity index (χ0n) is 11.0. The van der Waals surface area contributed by atoms with Crippen molar-refractivity contribution in [2.75, 3.05) is 0 Å². The molecule has 1 fully saturated rings. The maximum Gasteiger partial charge on any atom is 0.267 e. The average molecular weight is 324 g/mol. The zero-order valence-corrected chi connectivity index (χ0v) is 12.6. The first-order valence-electron chi connectivity index (χ1n) is 6.55. The van der Waals surface area contributed by atoms with E-state index in [9.17, 15) is 4.79 Å². The smallest absolute Gasteiger partial charge is 0.267 e. The molecular weight excluding hydrogens is 306 g/mol. The molecule has 1 N–H and O–H groups in total. The summed E-state index contributed by atoms with van der Waals surface area (Å²) in [4.78, 5) is 17.0. The molecular formula is C15H18BrNO2. The molecule has 0 atom stereocenters. The van der Waals surface area contributed by atoms with E-state index >= 15 is 0 Å². The van der Waals surface area contributed by atoms with E-state index < -0.39 is 0 Å². The first-order chi connectivity index (χ1) is 9.15. The standard InChI is InChI=1S/C15H18BrNO2/c1-11-6-7-12(14(16)10-11)8-9-15(18)17-19-13-4-2-3-5-13/h6-10,13H,2-5H2,1H3,(H,17,18)/b9-8+. The fourth-order valence-electron chi connectivity index (χ4n) is 2.11. The van der Waals surface area contributed by atoms with E-state index in [2.05, 4.69) is 21.4 Å². The highest BCUT2D eigenvalue weighted by atomic mass is 79.9. The van der Waals surface area contributed by atoms with Crippen molar-refractivity contribution in [3.05, 3.63) is 39.9 Å². The number of hydrogen-bond donors (Lipinski definition) is 1. The van der Waals surface area contributed by atoms with Gasteiger partial charge in [-0.2, -0.15) is 0 Å². The highest BCUT2D eigenvalue weighted by molar-refractivity contribution is 9.10. The van der Waals surface area contributed by atoms with Crippen molar-refractivity contribution in [1.29, 1.82) is 0 Å². The number of hydrogen-bond acceptors (Lipinski definition) is 2. The Morgan fingerprint density at radius 1 is 1.42 bits per heavy atom. The van der Waals surface area contributed by atoms with Crippen molar-refractivity contribution in [3.63, 3.8) is 0 Å². The molecule has 19 heavy (non-hydrogen) atoms. The fourth-order valence-corrected chi connectivity index (χ4v) is 2.74. The number of rotatable bonds is 4. The maximum absolute atomic E-state index is 11.6. The minimum atomic E-state index is -0.223. The Labute approximate surface area is 122 Å². The lowest BCUT2D eigenvalue weighted by Crippen LogP contribution is -2.26. The van der Waals surface area contributed by atoms with Gasteiger partial charge in [0.25, 0.3) is 5.91 Å². The zero-order chi connectivity index (χ0) is 13.7. The Kier molecular flexibility index (Phi) is 5.16. The summed E-state index contributed by atoms with van der Waals surface area (Å²) < 4.78 is 0.980. The summed E-state index contributed by atoms with van der Waals surface area (Å²) in [6.07, 6.45) is 7.89. The molecule has 0 unspecified atom stereocenters. The summed E-state index contributed by atoms with van der Waals surface area (Å²) in [5.74, 6) is -0.223. The summed E-state index contributed by atoms with van der Waals surface area (Å²) in [6.45, 7) is 2.03. The normalized spacial score (nSPS) is 16.1. The van der Waals surface area contributed by atoms with E-state index in [1.807, 2.05) is 25.1 Å². The predicted octanol–water partition coefficient (Wildman–Crippen LogP) is 3.76. The van der Waals surface area contributed by atoms with Crippen LogP contribution in [0.4, 0.5) is 0 Å². The van der Waals surface area contributed by atoms with Gasteiger partial charge in [0.15, 0.2) is 0 Å². The van der Waals surface area contributed by atoms with Crippen LogP contribution in [-0.2, 0) is 9.63 Å². The van der Waals surface area contributed by atoms with E-state index in [0.717, 1.165) is 22.9 Å². The predicted molar refractivity (Wildman–Crippen MR) is 79.4 cm³/mol. The van der Waals surface area contributed by atoms with E-state index in [0.29, 0.717) is 0 Å². The molecule has 0 aromatic heterocycles. The lowest BCUT2D eigenvalue weighted by Gasteiger charge is -2.09. The molecule has 0 spiro atoms. The summed E-state index contributed by atoms with van der Waals surface area (Å²) in [5, 5.41) is 0. The van der Waals surface area contributed by atoms with Gasteiger partial charge in [0.1, 0.15) is 0 Å². The van der Waals surface area contributed by atoms with Crippen molar-refractivity contribution in [1.82, 2.24) is 5.48 Å². The van der Waals surface area contributed by atoms with Crippen LogP contribution in [0.3, 0.4) is 0 Å². The Balaban J connectivity index is 1.85. The summed E-state index contributed by atoms with van der Waals surface area (Å²) in [7, 11) is 0. The van der Waals surface area contributed by atoms with Crippen LogP contribution < -0.4 is 5.48 Å². The van der Waals surface area contributed by atoms with Gasteiger partial charge < -0.3 is 0 Å². The SMILES string of the molecule is Cc1ccc(/C=C/C(=O)NOC2CCCC2)c(Br)c1. The quantitative estimate of drug-likeness (QED) is 0.676. The second-order valence-corrected chi connectivity index (χ2v) is 5.70. The maximum atomic E-state index is 11.6. The van der Waals surface area contributed by atoms with E-state index in [1.54, 1.807) is 6.08 Å². The summed E-state index contributed by atoms with van der Waals surface area (Å²) in [6, 6.07) is 6.00. The van der Waals surface area contributed by atoms with Crippen LogP contribution in [0.15, 0.2) is 28.7 Å². The third-order valence-corrected chi connectivity index (χ3v) is 3.89. The molecule has 0 bridgehead atoms. The number of benzene rings is 1. The van der Waals surface area contributed by atoms with Crippen molar-refractivity contribution in [2.24, 2.45) is 0 Å². The van der Waals surface area contributed by atoms with Crippen molar-refractivity contribution in [3.8, 4) is 0 Å². The van der Waals surface area contributed by atoms with Crippen molar-refractivity contribution < 1.29 is 9.63 Å². The number of amides is 1. The second-order valence-electron chi connectivity index (χ2n) is 4.85. The molecule has 102 valence electrons. The van der Waals surface area contributed by atoms with Crippen LogP contribution in [-0.4, -0.2) is 12.0 Å². The molecule has 1 aromatic rings. The van der Waals surface area contributed by atoms with Crippen LogP contribution in [0.1, 0.15) is 36.8 Å². The van der Waals surface area contributed by atoms with Crippen molar-refractivity contribution in [2.45, 2.75) is 38.7 Å². The Bertz CT molecular complexity index is 479. The van der Waals surface area contributed by atoms with E-state index in [-0.39, 0.29) is 12.0 Å². The van der Waals surface area contributed by atoms with Gasteiger partial charge in [-0.1, -0.05) is 40.9 Å². The average Bonchev–Trinajstić information content (AvgIpc) is 2.88. The van der Waals surface area contributed by atoms with Gasteiger partial charge in [0, 0.05) is 10.5 Å². The Morgan fingerprint density at radius 3 is 2.84 bits per heavy atom. The molecule has 0 heterocycles. The summed E-state index contributed by atoms with van der Waals surface area (Å²) >= 11 is 3.48. The van der Waals surface area contributed by atoms with Crippen LogP contribution in [0.2, 0.25) is 0 Å². The van der Waals surface area contributed by atoms with Gasteiger partial charge in [-0.25, -0.2) is 5.48 Å². The molecule has 0 saturated heterocycles. The van der Waals surface area contributed by atoms with Gasteiger partial charge in [-0.15, -0.1) is 0 Å². The minimum absolute atomic E-state index is 0.184. The number of nitrogens with one attached hydrogen (secondary N) is 1. The van der Waals surface area contributed by atoms with Gasteiger partial charge in [-0.05, 0) is 43.0 Å². The van der Waals surface area contributed by atoms with Gasteiger partial charge in [0.2, 0.25) is 0 Å². The highest BCUT2D eigenvalue weighted by Gasteiger charge is 2.16. The number of carbonyl (C=O) groups excluding carboxylic acids is 1. The third kappa shape index (κ3) is 4.48. The first kappa shape index (κ1) is 14.3. The highest BCUT2D eigenvalue weighted by Crippen LogP contribution is 2.20. The van der Waals surface area contributed by atoms with Crippen LogP contribution in [0.5, 0.6) is 0 Å². The number of aryl methyl sites for hydroxylation is 1. The number of hydroxylamine groups is 1. The van der Waals surface area contributed by atoms with Crippen LogP contribution in [0.25, 0.3) is 6.08 Å². The molecule has 1 aliphatic rings. The number of halogens is 1. The van der Waals surface area contributed by atoms with Gasteiger partial charge >= 0.3 is 0 Å². The lowest BCUT2D eigenvalue weighted by atomic mass is 10.1.